The summed E-state index contributed by atoms with van der Waals surface area (Å²) in [6.45, 7) is 2.00. The Morgan fingerprint density at radius 3 is 2.41 bits per heavy atom. The van der Waals surface area contributed by atoms with Crippen LogP contribution in [0.1, 0.15) is 18.4 Å². The summed E-state index contributed by atoms with van der Waals surface area (Å²) in [6, 6.07) is 6.96. The van der Waals surface area contributed by atoms with E-state index in [0.717, 1.165) is 37.2 Å². The minimum Gasteiger partial charge on any atom is -0.508 e. The van der Waals surface area contributed by atoms with Crippen molar-refractivity contribution in [2.45, 2.75) is 12.8 Å². The van der Waals surface area contributed by atoms with Crippen molar-refractivity contribution in [1.82, 2.24) is 4.90 Å². The lowest BCUT2D eigenvalue weighted by Gasteiger charge is -2.41. The highest BCUT2D eigenvalue weighted by atomic mass is 16.3. The van der Waals surface area contributed by atoms with Crippen LogP contribution in [0.4, 0.5) is 0 Å². The summed E-state index contributed by atoms with van der Waals surface area (Å²) in [4.78, 5) is 14.3. The van der Waals surface area contributed by atoms with Gasteiger partial charge < -0.3 is 10.0 Å². The van der Waals surface area contributed by atoms with Crippen molar-refractivity contribution < 1.29 is 9.90 Å². The summed E-state index contributed by atoms with van der Waals surface area (Å²) in [6.07, 6.45) is 3.95. The first-order chi connectivity index (χ1) is 8.24. The van der Waals surface area contributed by atoms with E-state index in [1.807, 2.05) is 18.2 Å². The van der Waals surface area contributed by atoms with Crippen molar-refractivity contribution in [2.24, 2.45) is 5.92 Å². The van der Waals surface area contributed by atoms with Crippen LogP contribution in [0, 0.1) is 5.92 Å². The number of carbonyl (C=O) groups is 1. The van der Waals surface area contributed by atoms with Crippen molar-refractivity contribution in [3.8, 4) is 5.75 Å². The standard InChI is InChI=1S/C14H15NO2/c16-12-3-1-10(2-4-12)9-13-14(17)11-5-7-15(13)8-6-11/h1-4,9,11,16H,5-8H2/b13-9+. The summed E-state index contributed by atoms with van der Waals surface area (Å²) in [5, 5.41) is 9.22. The molecule has 3 fully saturated rings. The summed E-state index contributed by atoms with van der Waals surface area (Å²) in [5.41, 5.74) is 1.82. The second-order valence-electron chi connectivity index (χ2n) is 4.75. The largest absolute Gasteiger partial charge is 0.508 e. The molecule has 2 bridgehead atoms. The van der Waals surface area contributed by atoms with E-state index >= 15 is 0 Å². The SMILES string of the molecule is O=C1/C(=C\c2ccc(O)cc2)N2CCC1CC2. The van der Waals surface area contributed by atoms with E-state index in [4.69, 9.17) is 0 Å². The smallest absolute Gasteiger partial charge is 0.182 e. The molecule has 0 amide bonds. The number of ketones is 1. The zero-order chi connectivity index (χ0) is 11.8. The highest BCUT2D eigenvalue weighted by Gasteiger charge is 2.36. The van der Waals surface area contributed by atoms with E-state index in [9.17, 15) is 9.90 Å². The summed E-state index contributed by atoms with van der Waals surface area (Å²) < 4.78 is 0. The number of phenols is 1. The maximum Gasteiger partial charge on any atom is 0.182 e. The second kappa shape index (κ2) is 3.91. The topological polar surface area (TPSA) is 40.5 Å². The molecule has 0 radical (unpaired) electrons. The summed E-state index contributed by atoms with van der Waals surface area (Å²) >= 11 is 0. The van der Waals surface area contributed by atoms with Crippen LogP contribution in [0.2, 0.25) is 0 Å². The molecule has 3 heterocycles. The van der Waals surface area contributed by atoms with Crippen LogP contribution in [0.3, 0.4) is 0 Å². The van der Waals surface area contributed by atoms with Gasteiger partial charge in [-0.2, -0.15) is 0 Å². The molecule has 0 aliphatic carbocycles. The fourth-order valence-electron chi connectivity index (χ4n) is 2.64. The van der Waals surface area contributed by atoms with Crippen LogP contribution in [0.15, 0.2) is 30.0 Å². The maximum absolute atomic E-state index is 12.1. The van der Waals surface area contributed by atoms with Crippen LogP contribution in [-0.4, -0.2) is 28.9 Å². The number of fused-ring (bicyclic) bond motifs is 3. The number of allylic oxidation sites excluding steroid dienone is 1. The summed E-state index contributed by atoms with van der Waals surface area (Å²) in [5.74, 6) is 0.780. The molecule has 1 aromatic carbocycles. The minimum atomic E-state index is 0.239. The fraction of sp³-hybridized carbons (Fsp3) is 0.357. The van der Waals surface area contributed by atoms with Gasteiger partial charge >= 0.3 is 0 Å². The number of aromatic hydroxyl groups is 1. The molecule has 3 aliphatic rings. The normalized spacial score (nSPS) is 22.5. The Labute approximate surface area is 100 Å². The molecule has 3 nitrogen and oxygen atoms in total. The molecule has 88 valence electrons. The van der Waals surface area contributed by atoms with Gasteiger partial charge in [0.1, 0.15) is 5.75 Å². The van der Waals surface area contributed by atoms with Crippen LogP contribution in [-0.2, 0) is 4.79 Å². The fourth-order valence-corrected chi connectivity index (χ4v) is 2.64. The zero-order valence-corrected chi connectivity index (χ0v) is 9.60. The molecular weight excluding hydrogens is 214 g/mol. The average Bonchev–Trinajstić information content (AvgIpc) is 2.37. The maximum atomic E-state index is 12.1. The van der Waals surface area contributed by atoms with Crippen molar-refractivity contribution in [3.05, 3.63) is 35.5 Å². The Morgan fingerprint density at radius 1 is 1.18 bits per heavy atom. The lowest BCUT2D eigenvalue weighted by molar-refractivity contribution is -0.125. The van der Waals surface area contributed by atoms with Gasteiger partial charge in [-0.15, -0.1) is 0 Å². The highest BCUT2D eigenvalue weighted by Crippen LogP contribution is 2.32. The molecule has 1 aromatic rings. The highest BCUT2D eigenvalue weighted by molar-refractivity contribution is 6.01. The molecule has 3 heteroatoms. The molecule has 0 unspecified atom stereocenters. The van der Waals surface area contributed by atoms with E-state index in [2.05, 4.69) is 4.90 Å². The molecule has 0 atom stereocenters. The van der Waals surface area contributed by atoms with E-state index in [1.54, 1.807) is 12.1 Å². The Balaban J connectivity index is 1.93. The quantitative estimate of drug-likeness (QED) is 0.749. The zero-order valence-electron chi connectivity index (χ0n) is 9.60. The number of phenolic OH excluding ortho intramolecular Hbond substituents is 1. The lowest BCUT2D eigenvalue weighted by Crippen LogP contribution is -2.45. The Bertz CT molecular complexity index is 468. The molecule has 0 aromatic heterocycles. The monoisotopic (exact) mass is 229 g/mol. The number of piperidine rings is 3. The van der Waals surface area contributed by atoms with Gasteiger partial charge in [0.2, 0.25) is 0 Å². The number of rotatable bonds is 1. The van der Waals surface area contributed by atoms with Gasteiger partial charge in [-0.3, -0.25) is 4.79 Å². The van der Waals surface area contributed by atoms with Crippen LogP contribution >= 0.6 is 0 Å². The molecule has 4 rings (SSSR count). The predicted octanol–water partition coefficient (Wildman–Crippen LogP) is 2.03. The van der Waals surface area contributed by atoms with Gasteiger partial charge in [-0.05, 0) is 36.6 Å². The van der Waals surface area contributed by atoms with Crippen molar-refractivity contribution in [1.29, 1.82) is 0 Å². The lowest BCUT2D eigenvalue weighted by atomic mass is 9.84. The number of benzene rings is 1. The first-order valence-corrected chi connectivity index (χ1v) is 6.04. The predicted molar refractivity (Wildman–Crippen MR) is 65.4 cm³/mol. The van der Waals surface area contributed by atoms with Gasteiger partial charge in [0.25, 0.3) is 0 Å². The molecule has 0 saturated carbocycles. The third kappa shape index (κ3) is 1.82. The van der Waals surface area contributed by atoms with Crippen LogP contribution in [0.25, 0.3) is 6.08 Å². The van der Waals surface area contributed by atoms with Gasteiger partial charge in [-0.25, -0.2) is 0 Å². The van der Waals surface area contributed by atoms with Gasteiger partial charge in [0.05, 0.1) is 5.70 Å². The molecule has 0 spiro atoms. The first kappa shape index (κ1) is 10.4. The van der Waals surface area contributed by atoms with Gasteiger partial charge in [0, 0.05) is 19.0 Å². The van der Waals surface area contributed by atoms with Gasteiger partial charge in [0.15, 0.2) is 5.78 Å². The molecule has 1 N–H and O–H groups in total. The number of hydrogen-bond acceptors (Lipinski definition) is 3. The third-order valence-corrected chi connectivity index (χ3v) is 3.66. The number of nitrogens with zero attached hydrogens (tertiary/aromatic N) is 1. The van der Waals surface area contributed by atoms with E-state index in [0.29, 0.717) is 0 Å². The number of hydrogen-bond donors (Lipinski definition) is 1. The van der Waals surface area contributed by atoms with E-state index < -0.39 is 0 Å². The molecule has 3 aliphatic heterocycles. The number of Topliss-reactive ketones (excluding diaryl/α,β-unsaturated/α-hetero) is 1. The second-order valence-corrected chi connectivity index (χ2v) is 4.75. The Hall–Kier alpha value is -1.77. The first-order valence-electron chi connectivity index (χ1n) is 6.04. The van der Waals surface area contributed by atoms with Crippen molar-refractivity contribution >= 4 is 11.9 Å². The van der Waals surface area contributed by atoms with E-state index in [-0.39, 0.29) is 17.5 Å². The molecule has 3 saturated heterocycles. The van der Waals surface area contributed by atoms with Crippen molar-refractivity contribution in [2.75, 3.05) is 13.1 Å². The molecular formula is C14H15NO2. The minimum absolute atomic E-state index is 0.239. The summed E-state index contributed by atoms with van der Waals surface area (Å²) in [7, 11) is 0. The van der Waals surface area contributed by atoms with Crippen molar-refractivity contribution in [3.63, 3.8) is 0 Å². The molecule has 17 heavy (non-hydrogen) atoms. The average molecular weight is 229 g/mol. The van der Waals surface area contributed by atoms with E-state index in [1.165, 1.54) is 0 Å². The Morgan fingerprint density at radius 2 is 1.82 bits per heavy atom. The van der Waals surface area contributed by atoms with Crippen LogP contribution in [0.5, 0.6) is 5.75 Å². The number of carbonyl (C=O) groups excluding carboxylic acids is 1. The van der Waals surface area contributed by atoms with Gasteiger partial charge in [-0.1, -0.05) is 12.1 Å². The van der Waals surface area contributed by atoms with Crippen LogP contribution < -0.4 is 0 Å². The third-order valence-electron chi connectivity index (χ3n) is 3.66. The Kier molecular flexibility index (Phi) is 2.39.